The van der Waals surface area contributed by atoms with Crippen molar-refractivity contribution in [3.63, 3.8) is 0 Å². The van der Waals surface area contributed by atoms with Crippen molar-refractivity contribution in [3.05, 3.63) is 41.7 Å². The minimum absolute atomic E-state index is 0.00499. The monoisotopic (exact) mass is 370 g/mol. The Hall–Kier alpha value is -2.70. The second kappa shape index (κ2) is 9.30. The Bertz CT molecular complexity index is 735. The number of aromatic amines is 1. The van der Waals surface area contributed by atoms with Gasteiger partial charge in [0.25, 0.3) is 0 Å². The van der Waals surface area contributed by atoms with Gasteiger partial charge in [0.05, 0.1) is 19.0 Å². The molecule has 1 aromatic heterocycles. The highest BCUT2D eigenvalue weighted by atomic mass is 16.5. The normalized spacial score (nSPS) is 14.9. The quantitative estimate of drug-likeness (QED) is 0.570. The van der Waals surface area contributed by atoms with Crippen molar-refractivity contribution >= 4 is 11.7 Å². The lowest BCUT2D eigenvalue weighted by Crippen LogP contribution is -2.40. The van der Waals surface area contributed by atoms with Crippen LogP contribution in [0.25, 0.3) is 0 Å². The maximum atomic E-state index is 12.6. The number of nitrogens with zero attached hydrogens (tertiary/aromatic N) is 3. The molecule has 1 fully saturated rings. The van der Waals surface area contributed by atoms with Gasteiger partial charge in [-0.3, -0.25) is 9.59 Å². The van der Waals surface area contributed by atoms with Crippen LogP contribution in [0.1, 0.15) is 48.2 Å². The van der Waals surface area contributed by atoms with Crippen molar-refractivity contribution in [2.45, 2.75) is 38.5 Å². The number of benzene rings is 1. The number of likely N-dealkylation sites (tertiary alicyclic amines) is 1. The molecular weight excluding hydrogens is 344 g/mol. The molecule has 1 amide bonds. The van der Waals surface area contributed by atoms with Crippen LogP contribution in [0.4, 0.5) is 0 Å². The first-order valence-corrected chi connectivity index (χ1v) is 9.48. The van der Waals surface area contributed by atoms with E-state index in [0.717, 1.165) is 43.5 Å². The standard InChI is InChI=1S/C20H26N4O3/c1-27-18-8-6-15(7-9-18)20(26)16-10-12-24(13-11-16)19(25)5-3-2-4-17-14-21-23-22-17/h6-9,14,16H,2-5,10-13H2,1H3,(H,21,22,23). The van der Waals surface area contributed by atoms with Gasteiger partial charge in [-0.25, -0.2) is 0 Å². The molecule has 1 aliphatic heterocycles. The molecule has 3 rings (SSSR count). The lowest BCUT2D eigenvalue weighted by molar-refractivity contribution is -0.132. The van der Waals surface area contributed by atoms with Gasteiger partial charge in [0.2, 0.25) is 5.91 Å². The Balaban J connectivity index is 1.39. The van der Waals surface area contributed by atoms with E-state index in [0.29, 0.717) is 25.1 Å². The van der Waals surface area contributed by atoms with Crippen LogP contribution in [-0.2, 0) is 11.2 Å². The van der Waals surface area contributed by atoms with Crippen LogP contribution in [0.5, 0.6) is 5.75 Å². The topological polar surface area (TPSA) is 88.2 Å². The highest BCUT2D eigenvalue weighted by molar-refractivity contribution is 5.98. The SMILES string of the molecule is COc1ccc(C(=O)C2CCN(C(=O)CCCCc3cn[nH]n3)CC2)cc1. The minimum atomic E-state index is -0.00499. The average molecular weight is 370 g/mol. The molecule has 1 aromatic carbocycles. The number of ketones is 1. The van der Waals surface area contributed by atoms with E-state index in [2.05, 4.69) is 15.4 Å². The Morgan fingerprint density at radius 2 is 1.93 bits per heavy atom. The third kappa shape index (κ3) is 5.15. The lowest BCUT2D eigenvalue weighted by atomic mass is 9.88. The average Bonchev–Trinajstić information content (AvgIpc) is 3.24. The zero-order valence-corrected chi connectivity index (χ0v) is 15.7. The summed E-state index contributed by atoms with van der Waals surface area (Å²) in [6.45, 7) is 1.32. The number of carbonyl (C=O) groups is 2. The summed E-state index contributed by atoms with van der Waals surface area (Å²) in [5.41, 5.74) is 1.65. The molecule has 0 bridgehead atoms. The second-order valence-corrected chi connectivity index (χ2v) is 6.92. The molecule has 7 nitrogen and oxygen atoms in total. The number of methoxy groups -OCH3 is 1. The van der Waals surface area contributed by atoms with Gasteiger partial charge >= 0.3 is 0 Å². The van der Waals surface area contributed by atoms with E-state index in [1.165, 1.54) is 0 Å². The molecule has 0 aliphatic carbocycles. The van der Waals surface area contributed by atoms with Crippen LogP contribution in [0.15, 0.2) is 30.5 Å². The number of aryl methyl sites for hydroxylation is 1. The number of nitrogens with one attached hydrogen (secondary N) is 1. The number of hydrogen-bond donors (Lipinski definition) is 1. The Kier molecular flexibility index (Phi) is 6.57. The van der Waals surface area contributed by atoms with Crippen molar-refractivity contribution in [2.75, 3.05) is 20.2 Å². The molecule has 7 heteroatoms. The minimum Gasteiger partial charge on any atom is -0.497 e. The van der Waals surface area contributed by atoms with Gasteiger partial charge in [-0.15, -0.1) is 0 Å². The van der Waals surface area contributed by atoms with E-state index in [4.69, 9.17) is 4.74 Å². The summed E-state index contributed by atoms with van der Waals surface area (Å²) in [4.78, 5) is 26.9. The molecule has 1 aliphatic rings. The molecule has 1 N–H and O–H groups in total. The van der Waals surface area contributed by atoms with Gasteiger partial charge in [-0.1, -0.05) is 0 Å². The molecule has 27 heavy (non-hydrogen) atoms. The number of aromatic nitrogens is 3. The summed E-state index contributed by atoms with van der Waals surface area (Å²) in [6.07, 6.45) is 6.33. The van der Waals surface area contributed by atoms with E-state index in [1.54, 1.807) is 13.3 Å². The van der Waals surface area contributed by atoms with E-state index in [9.17, 15) is 9.59 Å². The number of Topliss-reactive ketones (excluding diaryl/α,β-unsaturated/α-hetero) is 1. The summed E-state index contributed by atoms with van der Waals surface area (Å²) < 4.78 is 5.13. The Labute approximate surface area is 159 Å². The summed E-state index contributed by atoms with van der Waals surface area (Å²) in [5, 5.41) is 10.4. The van der Waals surface area contributed by atoms with E-state index >= 15 is 0 Å². The van der Waals surface area contributed by atoms with E-state index in [-0.39, 0.29) is 17.6 Å². The molecule has 1 saturated heterocycles. The Morgan fingerprint density at radius 3 is 2.56 bits per heavy atom. The zero-order chi connectivity index (χ0) is 19.1. The third-order valence-corrected chi connectivity index (χ3v) is 5.13. The van der Waals surface area contributed by atoms with Crippen molar-refractivity contribution < 1.29 is 14.3 Å². The fraction of sp³-hybridized carbons (Fsp3) is 0.500. The number of unbranched alkanes of at least 4 members (excludes halogenated alkanes) is 1. The Morgan fingerprint density at radius 1 is 1.19 bits per heavy atom. The molecule has 2 heterocycles. The molecule has 0 spiro atoms. The molecular formula is C20H26N4O3. The van der Waals surface area contributed by atoms with E-state index in [1.807, 2.05) is 29.2 Å². The van der Waals surface area contributed by atoms with Gasteiger partial charge in [0.1, 0.15) is 5.75 Å². The summed E-state index contributed by atoms with van der Waals surface area (Å²) in [7, 11) is 1.61. The number of hydrogen-bond acceptors (Lipinski definition) is 5. The van der Waals surface area contributed by atoms with Crippen LogP contribution in [0.2, 0.25) is 0 Å². The molecule has 0 saturated carbocycles. The highest BCUT2D eigenvalue weighted by Crippen LogP contribution is 2.23. The van der Waals surface area contributed by atoms with Crippen LogP contribution in [-0.4, -0.2) is 52.2 Å². The molecule has 0 unspecified atom stereocenters. The fourth-order valence-electron chi connectivity index (χ4n) is 3.47. The van der Waals surface area contributed by atoms with Gasteiger partial charge in [0, 0.05) is 31.0 Å². The van der Waals surface area contributed by atoms with Crippen molar-refractivity contribution in [2.24, 2.45) is 5.92 Å². The predicted octanol–water partition coefficient (Wildman–Crippen LogP) is 2.65. The number of amides is 1. The molecule has 0 radical (unpaired) electrons. The molecule has 144 valence electrons. The maximum Gasteiger partial charge on any atom is 0.222 e. The number of rotatable bonds is 8. The van der Waals surface area contributed by atoms with Crippen molar-refractivity contribution in [1.82, 2.24) is 20.3 Å². The third-order valence-electron chi connectivity index (χ3n) is 5.13. The van der Waals surface area contributed by atoms with Crippen LogP contribution in [0, 0.1) is 5.92 Å². The van der Waals surface area contributed by atoms with Crippen molar-refractivity contribution in [3.8, 4) is 5.75 Å². The van der Waals surface area contributed by atoms with Crippen LogP contribution >= 0.6 is 0 Å². The summed E-state index contributed by atoms with van der Waals surface area (Å²) in [5.74, 6) is 1.09. The largest absolute Gasteiger partial charge is 0.497 e. The summed E-state index contributed by atoms with van der Waals surface area (Å²) >= 11 is 0. The first-order chi connectivity index (χ1) is 13.2. The summed E-state index contributed by atoms with van der Waals surface area (Å²) in [6, 6.07) is 7.25. The molecule has 0 atom stereocenters. The number of carbonyl (C=O) groups excluding carboxylic acids is 2. The van der Waals surface area contributed by atoms with Gasteiger partial charge in [-0.05, 0) is 56.4 Å². The fourth-order valence-corrected chi connectivity index (χ4v) is 3.47. The van der Waals surface area contributed by atoms with Gasteiger partial charge < -0.3 is 9.64 Å². The number of ether oxygens (including phenoxy) is 1. The van der Waals surface area contributed by atoms with Crippen LogP contribution < -0.4 is 4.74 Å². The zero-order valence-electron chi connectivity index (χ0n) is 15.7. The number of H-pyrrole nitrogens is 1. The smallest absolute Gasteiger partial charge is 0.222 e. The first kappa shape index (κ1) is 19.1. The molecule has 2 aromatic rings. The van der Waals surface area contributed by atoms with Gasteiger partial charge in [-0.2, -0.15) is 15.4 Å². The number of piperidine rings is 1. The lowest BCUT2D eigenvalue weighted by Gasteiger charge is -2.31. The first-order valence-electron chi connectivity index (χ1n) is 9.48. The predicted molar refractivity (Wildman–Crippen MR) is 101 cm³/mol. The van der Waals surface area contributed by atoms with E-state index < -0.39 is 0 Å². The van der Waals surface area contributed by atoms with Crippen molar-refractivity contribution in [1.29, 1.82) is 0 Å². The maximum absolute atomic E-state index is 12.6. The van der Waals surface area contributed by atoms with Gasteiger partial charge in [0.15, 0.2) is 5.78 Å². The van der Waals surface area contributed by atoms with Crippen LogP contribution in [0.3, 0.4) is 0 Å². The highest BCUT2D eigenvalue weighted by Gasteiger charge is 2.27. The second-order valence-electron chi connectivity index (χ2n) is 6.92.